The summed E-state index contributed by atoms with van der Waals surface area (Å²) in [4.78, 5) is 4.14. The van der Waals surface area contributed by atoms with Crippen LogP contribution >= 0.6 is 15.9 Å². The average molecular weight is 317 g/mol. The van der Waals surface area contributed by atoms with E-state index in [9.17, 15) is 8.78 Å². The molecular formula is C12H11BrF2N2O. The van der Waals surface area contributed by atoms with Crippen LogP contribution in [0.15, 0.2) is 16.6 Å². The molecule has 3 nitrogen and oxygen atoms in total. The van der Waals surface area contributed by atoms with E-state index in [1.54, 1.807) is 13.1 Å². The summed E-state index contributed by atoms with van der Waals surface area (Å²) >= 11 is 3.12. The third kappa shape index (κ3) is 2.18. The number of rotatable bonds is 3. The highest BCUT2D eigenvalue weighted by Crippen LogP contribution is 2.34. The number of hydrogen-bond donors (Lipinski definition) is 1. The van der Waals surface area contributed by atoms with Gasteiger partial charge in [0, 0.05) is 31.3 Å². The topological polar surface area (TPSA) is 34.1 Å². The van der Waals surface area contributed by atoms with Crippen molar-refractivity contribution >= 4 is 32.5 Å². The quantitative estimate of drug-likeness (QED) is 0.880. The maximum absolute atomic E-state index is 13.8. The monoisotopic (exact) mass is 316 g/mol. The van der Waals surface area contributed by atoms with E-state index in [2.05, 4.69) is 26.2 Å². The van der Waals surface area contributed by atoms with E-state index in [1.165, 1.54) is 7.11 Å². The fourth-order valence-corrected chi connectivity index (χ4v) is 2.29. The van der Waals surface area contributed by atoms with Gasteiger partial charge in [-0.3, -0.25) is 0 Å². The van der Waals surface area contributed by atoms with E-state index in [4.69, 9.17) is 4.74 Å². The van der Waals surface area contributed by atoms with Crippen LogP contribution < -0.4 is 5.32 Å². The van der Waals surface area contributed by atoms with Crippen LogP contribution in [0.3, 0.4) is 0 Å². The third-order valence-electron chi connectivity index (χ3n) is 2.54. The zero-order valence-corrected chi connectivity index (χ0v) is 11.4. The van der Waals surface area contributed by atoms with Gasteiger partial charge in [0.15, 0.2) is 5.82 Å². The Morgan fingerprint density at radius 2 is 2.06 bits per heavy atom. The molecule has 0 saturated carbocycles. The lowest BCUT2D eigenvalue weighted by atomic mass is 10.1. The Hall–Kier alpha value is -1.27. The summed E-state index contributed by atoms with van der Waals surface area (Å²) in [5.74, 6) is -1.35. The molecule has 1 aromatic carbocycles. The van der Waals surface area contributed by atoms with Crippen molar-refractivity contribution in [1.82, 2.24) is 4.98 Å². The molecule has 0 amide bonds. The zero-order valence-electron chi connectivity index (χ0n) is 9.85. The molecule has 0 unspecified atom stereocenters. The number of benzene rings is 1. The molecule has 0 radical (unpaired) electrons. The largest absolute Gasteiger partial charge is 0.387 e. The minimum absolute atomic E-state index is 0.113. The number of halogens is 3. The first-order valence-corrected chi connectivity index (χ1v) is 6.01. The van der Waals surface area contributed by atoms with Crippen LogP contribution in [0.25, 0.3) is 10.9 Å². The number of anilines is 1. The van der Waals surface area contributed by atoms with Crippen LogP contribution in [0.2, 0.25) is 0 Å². The summed E-state index contributed by atoms with van der Waals surface area (Å²) in [5, 5.41) is 3.29. The standard InChI is InChI=1S/C12H11BrF2N2O/c1-16-9-3-6(5-18-2)17-12-8(15)4-7(14)11(13)10(9)12/h3-4H,5H2,1-2H3,(H,16,17). The first-order chi connectivity index (χ1) is 8.58. The van der Waals surface area contributed by atoms with Crippen molar-refractivity contribution in [3.63, 3.8) is 0 Å². The molecule has 0 spiro atoms. The van der Waals surface area contributed by atoms with Gasteiger partial charge in [-0.25, -0.2) is 13.8 Å². The zero-order chi connectivity index (χ0) is 13.3. The molecule has 96 valence electrons. The molecule has 0 aliphatic heterocycles. The molecule has 2 rings (SSSR count). The van der Waals surface area contributed by atoms with Gasteiger partial charge in [0.25, 0.3) is 0 Å². The predicted molar refractivity (Wildman–Crippen MR) is 69.6 cm³/mol. The Kier molecular flexibility index (Phi) is 3.77. The number of pyridine rings is 1. The van der Waals surface area contributed by atoms with E-state index < -0.39 is 11.6 Å². The van der Waals surface area contributed by atoms with Crippen molar-refractivity contribution in [2.75, 3.05) is 19.5 Å². The highest BCUT2D eigenvalue weighted by molar-refractivity contribution is 9.10. The Bertz CT molecular complexity index is 604. The normalized spacial score (nSPS) is 10.9. The maximum Gasteiger partial charge on any atom is 0.152 e. The fourth-order valence-electron chi connectivity index (χ4n) is 1.77. The molecule has 1 aromatic heterocycles. The van der Waals surface area contributed by atoms with Crippen molar-refractivity contribution in [3.05, 3.63) is 33.9 Å². The number of nitrogens with zero attached hydrogens (tertiary/aromatic N) is 1. The average Bonchev–Trinajstić information content (AvgIpc) is 2.35. The number of ether oxygens (including phenoxy) is 1. The smallest absolute Gasteiger partial charge is 0.152 e. The summed E-state index contributed by atoms with van der Waals surface area (Å²) in [6.45, 7) is 0.263. The second-order valence-corrected chi connectivity index (χ2v) is 4.51. The Morgan fingerprint density at radius 3 is 2.67 bits per heavy atom. The van der Waals surface area contributed by atoms with Gasteiger partial charge in [-0.15, -0.1) is 0 Å². The van der Waals surface area contributed by atoms with Gasteiger partial charge in [0.05, 0.1) is 16.8 Å². The Balaban J connectivity index is 2.82. The summed E-state index contributed by atoms with van der Waals surface area (Å²) in [7, 11) is 3.21. The third-order valence-corrected chi connectivity index (χ3v) is 3.32. The first-order valence-electron chi connectivity index (χ1n) is 5.22. The Morgan fingerprint density at radius 1 is 1.33 bits per heavy atom. The fraction of sp³-hybridized carbons (Fsp3) is 0.250. The molecule has 6 heteroatoms. The highest BCUT2D eigenvalue weighted by atomic mass is 79.9. The minimum Gasteiger partial charge on any atom is -0.387 e. The molecule has 1 N–H and O–H groups in total. The first kappa shape index (κ1) is 13.2. The van der Waals surface area contributed by atoms with Crippen molar-refractivity contribution < 1.29 is 13.5 Å². The van der Waals surface area contributed by atoms with Crippen LogP contribution in [-0.4, -0.2) is 19.1 Å². The molecule has 0 fully saturated rings. The van der Waals surface area contributed by atoms with Gasteiger partial charge in [0.1, 0.15) is 11.3 Å². The van der Waals surface area contributed by atoms with Gasteiger partial charge in [-0.05, 0) is 22.0 Å². The molecule has 0 saturated heterocycles. The SMILES string of the molecule is CNc1cc(COC)nc2c(F)cc(F)c(Br)c12. The molecule has 0 aliphatic rings. The lowest BCUT2D eigenvalue weighted by Crippen LogP contribution is -2.01. The predicted octanol–water partition coefficient (Wildman–Crippen LogP) is 3.46. The minimum atomic E-state index is -0.694. The van der Waals surface area contributed by atoms with Gasteiger partial charge in [-0.1, -0.05) is 0 Å². The Labute approximate surface area is 111 Å². The number of nitrogens with one attached hydrogen (secondary N) is 1. The number of methoxy groups -OCH3 is 1. The molecule has 18 heavy (non-hydrogen) atoms. The molecule has 0 aliphatic carbocycles. The summed E-state index contributed by atoms with van der Waals surface area (Å²) in [6.07, 6.45) is 0. The van der Waals surface area contributed by atoms with Gasteiger partial charge in [-0.2, -0.15) is 0 Å². The van der Waals surface area contributed by atoms with Gasteiger partial charge < -0.3 is 10.1 Å². The van der Waals surface area contributed by atoms with Gasteiger partial charge >= 0.3 is 0 Å². The maximum atomic E-state index is 13.8. The van der Waals surface area contributed by atoms with E-state index >= 15 is 0 Å². The molecule has 0 bridgehead atoms. The van der Waals surface area contributed by atoms with Crippen LogP contribution in [0.4, 0.5) is 14.5 Å². The summed E-state index contributed by atoms with van der Waals surface area (Å²) < 4.78 is 32.4. The van der Waals surface area contributed by atoms with Crippen LogP contribution in [0.5, 0.6) is 0 Å². The lowest BCUT2D eigenvalue weighted by Gasteiger charge is -2.11. The lowest BCUT2D eigenvalue weighted by molar-refractivity contribution is 0.182. The second-order valence-electron chi connectivity index (χ2n) is 3.72. The molecule has 1 heterocycles. The number of aromatic nitrogens is 1. The van der Waals surface area contributed by atoms with E-state index in [0.717, 1.165) is 6.07 Å². The van der Waals surface area contributed by atoms with Gasteiger partial charge in [0.2, 0.25) is 0 Å². The van der Waals surface area contributed by atoms with Crippen molar-refractivity contribution in [2.24, 2.45) is 0 Å². The van der Waals surface area contributed by atoms with Crippen LogP contribution in [0, 0.1) is 11.6 Å². The van der Waals surface area contributed by atoms with Crippen LogP contribution in [0.1, 0.15) is 5.69 Å². The van der Waals surface area contributed by atoms with E-state index in [-0.39, 0.29) is 16.6 Å². The van der Waals surface area contributed by atoms with Crippen molar-refractivity contribution in [3.8, 4) is 0 Å². The van der Waals surface area contributed by atoms with E-state index in [1.807, 2.05) is 0 Å². The highest BCUT2D eigenvalue weighted by Gasteiger charge is 2.16. The summed E-state index contributed by atoms with van der Waals surface area (Å²) in [6, 6.07) is 2.52. The van der Waals surface area contributed by atoms with Crippen molar-refractivity contribution in [2.45, 2.75) is 6.61 Å². The van der Waals surface area contributed by atoms with E-state index in [0.29, 0.717) is 16.8 Å². The number of hydrogen-bond acceptors (Lipinski definition) is 3. The van der Waals surface area contributed by atoms with Crippen LogP contribution in [-0.2, 0) is 11.3 Å². The summed E-state index contributed by atoms with van der Waals surface area (Å²) in [5.41, 5.74) is 1.28. The second kappa shape index (κ2) is 5.16. The molecular weight excluding hydrogens is 306 g/mol. The molecule has 0 atom stereocenters. The van der Waals surface area contributed by atoms with Crippen molar-refractivity contribution in [1.29, 1.82) is 0 Å². The number of fused-ring (bicyclic) bond motifs is 1. The molecule has 2 aromatic rings.